The van der Waals surface area contributed by atoms with Gasteiger partial charge in [-0.05, 0) is 49.4 Å². The Hall–Kier alpha value is -5.13. The quantitative estimate of drug-likeness (QED) is 0.0729. The molecule has 266 valence electrons. The number of carbonyl (C=O) groups excluding carboxylic acids is 2. The first-order valence-corrected chi connectivity index (χ1v) is 15.1. The Morgan fingerprint density at radius 2 is 1.86 bits per heavy atom. The number of aryl methyl sites for hydroxylation is 1. The first-order chi connectivity index (χ1) is 23.1. The van der Waals surface area contributed by atoms with E-state index < -0.39 is 42.8 Å². The lowest BCUT2D eigenvalue weighted by atomic mass is 10.0. The van der Waals surface area contributed by atoms with Crippen LogP contribution in [0.4, 0.5) is 33.5 Å². The highest BCUT2D eigenvalue weighted by atomic mass is 19.4. The Bertz CT molecular complexity index is 1740. The number of nitrogens with zero attached hydrogens (tertiary/aromatic N) is 6. The van der Waals surface area contributed by atoms with Crippen LogP contribution in [0.25, 0.3) is 16.9 Å². The summed E-state index contributed by atoms with van der Waals surface area (Å²) in [5, 5.41) is 26.6. The molecule has 0 saturated heterocycles. The molecule has 49 heavy (non-hydrogen) atoms. The molecule has 0 radical (unpaired) electrons. The van der Waals surface area contributed by atoms with Gasteiger partial charge in [0.2, 0.25) is 0 Å². The molecule has 3 N–H and O–H groups in total. The highest BCUT2D eigenvalue weighted by Crippen LogP contribution is 2.37. The van der Waals surface area contributed by atoms with E-state index in [1.165, 1.54) is 23.0 Å². The maximum absolute atomic E-state index is 13.7. The zero-order valence-corrected chi connectivity index (χ0v) is 27.0. The van der Waals surface area contributed by atoms with Gasteiger partial charge in [0.15, 0.2) is 23.7 Å². The minimum Gasteiger partial charge on any atom is -0.554 e. The van der Waals surface area contributed by atoms with Crippen molar-refractivity contribution in [1.29, 1.82) is 0 Å². The van der Waals surface area contributed by atoms with Gasteiger partial charge in [0.1, 0.15) is 6.54 Å². The molecule has 4 aromatic rings. The van der Waals surface area contributed by atoms with E-state index in [1.54, 1.807) is 18.2 Å². The summed E-state index contributed by atoms with van der Waals surface area (Å²) in [7, 11) is 3.74. The van der Waals surface area contributed by atoms with Crippen LogP contribution in [0.3, 0.4) is 0 Å². The van der Waals surface area contributed by atoms with Crippen LogP contribution in [-0.2, 0) is 28.7 Å². The van der Waals surface area contributed by atoms with Gasteiger partial charge in [-0.1, -0.05) is 6.92 Å². The van der Waals surface area contributed by atoms with Crippen LogP contribution in [0.5, 0.6) is 0 Å². The van der Waals surface area contributed by atoms with Gasteiger partial charge in [0.25, 0.3) is 12.3 Å². The van der Waals surface area contributed by atoms with Crippen molar-refractivity contribution in [3.63, 3.8) is 0 Å². The number of fused-ring (bicyclic) bond motifs is 1. The van der Waals surface area contributed by atoms with E-state index in [9.17, 15) is 31.5 Å². The zero-order chi connectivity index (χ0) is 36.4. The van der Waals surface area contributed by atoms with Gasteiger partial charge < -0.3 is 30.1 Å². The van der Waals surface area contributed by atoms with E-state index in [-0.39, 0.29) is 29.6 Å². The zero-order valence-electron chi connectivity index (χ0n) is 27.0. The molecule has 0 spiro atoms. The van der Waals surface area contributed by atoms with E-state index in [0.29, 0.717) is 33.4 Å². The molecule has 3 aromatic heterocycles. The summed E-state index contributed by atoms with van der Waals surface area (Å²) in [4.78, 5) is 40.7. The molecule has 0 fully saturated rings. The number of carboxylic acid groups (broad SMARTS) is 2. The minimum atomic E-state index is -4.88. The van der Waals surface area contributed by atoms with Crippen LogP contribution in [0.15, 0.2) is 43.0 Å². The van der Waals surface area contributed by atoms with Crippen molar-refractivity contribution in [3.05, 3.63) is 59.8 Å². The number of quaternary nitrogens is 1. The predicted octanol–water partition coefficient (Wildman–Crippen LogP) is 3.61. The standard InChI is InChI=1S/C30H35F5N8O3.CH2O2/c1-4-19-14-20(8-9-21(19)29(46)37-10-6-5-7-13-43(2,3)18-25(44)45)39-27-28-38-15-23(42(28)12-11-36-27)22-16-41(17-24(31)32)40-26(22)30(33,34)35;2-1-3/h8-9,11-12,14-16,24H,4-7,10,13,17-18H2,1-3H3,(H2-,36,37,39,44,45,46);1H,(H,2,3). The highest BCUT2D eigenvalue weighted by Gasteiger charge is 2.38. The minimum absolute atomic E-state index is 0.00223. The van der Waals surface area contributed by atoms with Crippen LogP contribution in [0, 0.1) is 0 Å². The second-order valence-electron chi connectivity index (χ2n) is 11.6. The number of anilines is 2. The summed E-state index contributed by atoms with van der Waals surface area (Å²) in [5.74, 6) is -0.837. The summed E-state index contributed by atoms with van der Waals surface area (Å²) in [6, 6.07) is 5.14. The van der Waals surface area contributed by atoms with Crippen LogP contribution in [0.2, 0.25) is 0 Å². The van der Waals surface area contributed by atoms with Crippen molar-refractivity contribution in [2.45, 2.75) is 51.8 Å². The Labute approximate surface area is 278 Å². The van der Waals surface area contributed by atoms with E-state index in [0.717, 1.165) is 37.6 Å². The van der Waals surface area contributed by atoms with Crippen molar-refractivity contribution >= 4 is 35.5 Å². The lowest BCUT2D eigenvalue weighted by molar-refractivity contribution is -0.883. The second-order valence-corrected chi connectivity index (χ2v) is 11.6. The van der Waals surface area contributed by atoms with Crippen LogP contribution in [0.1, 0.15) is 47.8 Å². The molecule has 1 aromatic carbocycles. The molecule has 1 amide bonds. The molecule has 18 heteroatoms. The number of rotatable bonds is 15. The molecule has 0 aliphatic heterocycles. The van der Waals surface area contributed by atoms with Crippen molar-refractivity contribution < 1.29 is 51.0 Å². The average molecular weight is 697 g/mol. The fraction of sp³-hybridized carbons (Fsp3) is 0.419. The summed E-state index contributed by atoms with van der Waals surface area (Å²) in [6.45, 7) is 1.66. The van der Waals surface area contributed by atoms with Gasteiger partial charge in [-0.2, -0.15) is 18.3 Å². The number of nitrogens with one attached hydrogen (secondary N) is 2. The lowest BCUT2D eigenvalue weighted by Gasteiger charge is -2.27. The molecule has 0 unspecified atom stereocenters. The summed E-state index contributed by atoms with van der Waals surface area (Å²) < 4.78 is 69.3. The molecular weight excluding hydrogens is 659 g/mol. The summed E-state index contributed by atoms with van der Waals surface area (Å²) in [5.41, 5.74) is 0.315. The first kappa shape index (κ1) is 38.3. The number of likely N-dealkylation sites (N-methyl/N-ethyl adjacent to an activating group) is 1. The average Bonchev–Trinajstić information content (AvgIpc) is 3.63. The second kappa shape index (κ2) is 16.8. The monoisotopic (exact) mass is 696 g/mol. The molecule has 13 nitrogen and oxygen atoms in total. The van der Waals surface area contributed by atoms with E-state index in [4.69, 9.17) is 15.0 Å². The topological polar surface area (TPSA) is 167 Å². The number of aromatic nitrogens is 5. The maximum Gasteiger partial charge on any atom is 0.435 e. The Morgan fingerprint density at radius 1 is 1.14 bits per heavy atom. The van der Waals surface area contributed by atoms with Gasteiger partial charge in [-0.3, -0.25) is 13.9 Å². The Morgan fingerprint density at radius 3 is 2.49 bits per heavy atom. The van der Waals surface area contributed by atoms with E-state index in [1.807, 2.05) is 21.0 Å². The van der Waals surface area contributed by atoms with Crippen molar-refractivity contribution in [1.82, 2.24) is 29.5 Å². The van der Waals surface area contributed by atoms with Crippen LogP contribution >= 0.6 is 0 Å². The molecule has 0 aliphatic rings. The first-order valence-electron chi connectivity index (χ1n) is 15.1. The third-order valence-corrected chi connectivity index (χ3v) is 7.34. The number of unbranched alkanes of at least 4 members (excludes halogenated alkanes) is 2. The summed E-state index contributed by atoms with van der Waals surface area (Å²) in [6.07, 6.45) is 0.0970. The maximum atomic E-state index is 13.7. The third kappa shape index (κ3) is 10.7. The smallest absolute Gasteiger partial charge is 0.435 e. The SMILES string of the molecule is CCc1cc(Nc2nccn3c(-c4cn(CC(F)F)nc4C(F)(F)F)cnc23)ccc1C(=O)NCCCCC[N+](C)(C)CC(=O)O.O=C[O-]. The van der Waals surface area contributed by atoms with Crippen molar-refractivity contribution in [3.8, 4) is 11.3 Å². The number of alkyl halides is 5. The van der Waals surface area contributed by atoms with Gasteiger partial charge in [0, 0.05) is 42.9 Å². The number of carbonyl (C=O) groups is 3. The number of benzene rings is 1. The number of amides is 1. The Balaban J connectivity index is 0.00000209. The number of imidazole rings is 1. The van der Waals surface area contributed by atoms with Crippen molar-refractivity contribution in [2.24, 2.45) is 0 Å². The molecule has 0 saturated carbocycles. The molecule has 0 atom stereocenters. The van der Waals surface area contributed by atoms with Crippen LogP contribution < -0.4 is 15.7 Å². The number of aliphatic carboxylic acids is 1. The lowest BCUT2D eigenvalue weighted by Crippen LogP contribution is -2.44. The normalized spacial score (nSPS) is 11.7. The molecule has 0 aliphatic carbocycles. The molecule has 4 rings (SSSR count). The Kier molecular flexibility index (Phi) is 13.1. The van der Waals surface area contributed by atoms with Crippen LogP contribution in [-0.4, -0.2) is 92.2 Å². The fourth-order valence-corrected chi connectivity index (χ4v) is 5.17. The van der Waals surface area contributed by atoms with E-state index in [2.05, 4.69) is 25.7 Å². The molecule has 3 heterocycles. The number of hydrogen-bond donors (Lipinski definition) is 3. The molecular formula is C31H37F5N8O5. The van der Waals surface area contributed by atoms with E-state index >= 15 is 0 Å². The fourth-order valence-electron chi connectivity index (χ4n) is 5.17. The van der Waals surface area contributed by atoms with Gasteiger partial charge >= 0.3 is 12.1 Å². The van der Waals surface area contributed by atoms with Gasteiger partial charge in [0.05, 0.1) is 38.1 Å². The summed E-state index contributed by atoms with van der Waals surface area (Å²) >= 11 is 0. The number of halogens is 5. The highest BCUT2D eigenvalue weighted by molar-refractivity contribution is 5.96. The predicted molar refractivity (Wildman–Crippen MR) is 166 cm³/mol. The third-order valence-electron chi connectivity index (χ3n) is 7.34. The number of hydrogen-bond acceptors (Lipinski definition) is 8. The molecule has 0 bridgehead atoms. The largest absolute Gasteiger partial charge is 0.554 e. The van der Waals surface area contributed by atoms with Gasteiger partial charge in [-0.15, -0.1) is 0 Å². The van der Waals surface area contributed by atoms with Gasteiger partial charge in [-0.25, -0.2) is 23.5 Å². The van der Waals surface area contributed by atoms with Crippen molar-refractivity contribution in [2.75, 3.05) is 39.0 Å². The number of carboxylic acids is 1.